The van der Waals surface area contributed by atoms with E-state index < -0.39 is 30.1 Å². The molecule has 3 N–H and O–H groups in total. The number of para-hydroxylation sites is 1. The monoisotopic (exact) mass is 935 g/mol. The van der Waals surface area contributed by atoms with E-state index in [-0.39, 0.29) is 18.7 Å². The lowest BCUT2D eigenvalue weighted by Crippen LogP contribution is -2.53. The number of aryl methyl sites for hydroxylation is 5. The summed E-state index contributed by atoms with van der Waals surface area (Å²) in [7, 11) is 1.94. The highest BCUT2D eigenvalue weighted by molar-refractivity contribution is 6.32. The lowest BCUT2D eigenvalue weighted by molar-refractivity contribution is -0.139. The maximum absolute atomic E-state index is 13.3. The summed E-state index contributed by atoms with van der Waals surface area (Å²) >= 11 is 6.39. The van der Waals surface area contributed by atoms with Crippen molar-refractivity contribution in [1.82, 2.24) is 34.4 Å². The van der Waals surface area contributed by atoms with Gasteiger partial charge in [-0.3, -0.25) is 34.2 Å². The molecule has 2 fully saturated rings. The molecule has 2 aromatic heterocycles. The van der Waals surface area contributed by atoms with E-state index in [1.165, 1.54) is 0 Å². The second-order valence-corrected chi connectivity index (χ2v) is 18.6. The standard InChI is InChI=1S/C51H62ClN7O8/c1-31-29-35(30-32(2)45(31)52)66-28-12-16-37-36-13-10-14-38(43-33(3)54-55(5)34(43)4)46(36)58(47(37)51(64)65)26-25-57-23-21-56(22-24-57)20-8-6-7-9-27-67-41-17-11-15-39-44(41)50(63)59(49(39)62)40-18-19-42(60)53-48(40)61/h10-11,13-15,17,29-30,40,50,63H,6-9,12,16,18-28H2,1-5H3,(H,64,65)(H,53,60,61). The molecule has 356 valence electrons. The van der Waals surface area contributed by atoms with E-state index in [1.54, 1.807) is 18.2 Å². The molecule has 0 radical (unpaired) electrons. The Morgan fingerprint density at radius 3 is 2.21 bits per heavy atom. The highest BCUT2D eigenvalue weighted by atomic mass is 35.5. The summed E-state index contributed by atoms with van der Waals surface area (Å²) in [6, 6.07) is 14.2. The molecule has 3 aliphatic heterocycles. The van der Waals surface area contributed by atoms with Gasteiger partial charge in [0.15, 0.2) is 6.23 Å². The number of nitrogens with zero attached hydrogens (tertiary/aromatic N) is 6. The summed E-state index contributed by atoms with van der Waals surface area (Å²) in [6.45, 7) is 14.8. The average Bonchev–Trinajstić information content (AvgIpc) is 3.86. The minimum absolute atomic E-state index is 0.104. The quantitative estimate of drug-likeness (QED) is 0.0568. The van der Waals surface area contributed by atoms with Gasteiger partial charge in [-0.2, -0.15) is 5.10 Å². The molecule has 8 rings (SSSR count). The van der Waals surface area contributed by atoms with Crippen molar-refractivity contribution in [2.45, 2.75) is 97.9 Å². The maximum atomic E-state index is 13.3. The zero-order valence-corrected chi connectivity index (χ0v) is 40.0. The fraction of sp³-hybridized carbons (Fsp3) is 0.471. The van der Waals surface area contributed by atoms with Crippen LogP contribution < -0.4 is 14.8 Å². The Bertz CT molecular complexity index is 2660. The number of halogens is 1. The fourth-order valence-electron chi connectivity index (χ4n) is 10.2. The van der Waals surface area contributed by atoms with Gasteiger partial charge in [0.25, 0.3) is 5.91 Å². The van der Waals surface area contributed by atoms with Crippen molar-refractivity contribution in [3.8, 4) is 22.6 Å². The van der Waals surface area contributed by atoms with Crippen LogP contribution in [0.4, 0.5) is 0 Å². The van der Waals surface area contributed by atoms with Crippen LogP contribution in [0, 0.1) is 27.7 Å². The van der Waals surface area contributed by atoms with E-state index in [0.29, 0.717) is 55.2 Å². The number of carbonyl (C=O) groups excluding carboxylic acids is 3. The molecule has 0 saturated carbocycles. The largest absolute Gasteiger partial charge is 0.494 e. The fourth-order valence-corrected chi connectivity index (χ4v) is 10.3. The predicted octanol–water partition coefficient (Wildman–Crippen LogP) is 7.15. The first-order valence-corrected chi connectivity index (χ1v) is 23.9. The molecule has 16 heteroatoms. The smallest absolute Gasteiger partial charge is 0.352 e. The minimum atomic E-state index is -1.33. The number of carbonyl (C=O) groups is 4. The molecule has 2 unspecified atom stereocenters. The number of rotatable bonds is 19. The Morgan fingerprint density at radius 1 is 0.851 bits per heavy atom. The van der Waals surface area contributed by atoms with Crippen molar-refractivity contribution in [3.63, 3.8) is 0 Å². The van der Waals surface area contributed by atoms with Crippen LogP contribution in [0.1, 0.15) is 106 Å². The number of piperidine rings is 1. The first-order chi connectivity index (χ1) is 32.2. The Kier molecular flexibility index (Phi) is 14.7. The lowest BCUT2D eigenvalue weighted by Gasteiger charge is -2.35. The SMILES string of the molecule is Cc1cc(OCCCc2c(C(=O)O)n(CCN3CCN(CCCCCCOc4cccc5c4C(O)N(C4CCC(=O)NC4=O)C5=O)CC3)c3c(-c4c(C)nn(C)c4C)cccc23)cc(C)c1Cl. The lowest BCUT2D eigenvalue weighted by atomic mass is 9.98. The van der Waals surface area contributed by atoms with Gasteiger partial charge in [0.1, 0.15) is 23.2 Å². The topological polar surface area (TPSA) is 172 Å². The summed E-state index contributed by atoms with van der Waals surface area (Å²) < 4.78 is 16.2. The molecule has 0 bridgehead atoms. The van der Waals surface area contributed by atoms with Crippen LogP contribution in [-0.2, 0) is 29.6 Å². The second-order valence-electron chi connectivity index (χ2n) is 18.2. The number of ether oxygens (including phenoxy) is 2. The molecule has 15 nitrogen and oxygen atoms in total. The Labute approximate surface area is 396 Å². The third-order valence-electron chi connectivity index (χ3n) is 13.7. The highest BCUT2D eigenvalue weighted by Crippen LogP contribution is 2.41. The minimum Gasteiger partial charge on any atom is -0.494 e. The van der Waals surface area contributed by atoms with Crippen molar-refractivity contribution in [1.29, 1.82) is 0 Å². The van der Waals surface area contributed by atoms with Crippen molar-refractivity contribution < 1.29 is 38.9 Å². The van der Waals surface area contributed by atoms with Crippen molar-refractivity contribution in [3.05, 3.63) is 98.5 Å². The number of fused-ring (bicyclic) bond motifs is 2. The number of carboxylic acids is 1. The number of aromatic nitrogens is 3. The number of amides is 3. The van der Waals surface area contributed by atoms with Gasteiger partial charge < -0.3 is 29.2 Å². The van der Waals surface area contributed by atoms with Gasteiger partial charge in [0.2, 0.25) is 11.8 Å². The Hall–Kier alpha value is -5.74. The number of piperazine rings is 1. The zero-order chi connectivity index (χ0) is 47.5. The number of unbranched alkanes of at least 4 members (excludes halogenated alkanes) is 3. The van der Waals surface area contributed by atoms with Crippen molar-refractivity contribution >= 4 is 46.2 Å². The van der Waals surface area contributed by atoms with E-state index in [9.17, 15) is 29.4 Å². The van der Waals surface area contributed by atoms with Crippen LogP contribution in [0.15, 0.2) is 48.5 Å². The van der Waals surface area contributed by atoms with E-state index in [0.717, 1.165) is 131 Å². The van der Waals surface area contributed by atoms with Gasteiger partial charge in [0, 0.05) is 80.0 Å². The number of imide groups is 1. The average molecular weight is 937 g/mol. The van der Waals surface area contributed by atoms with Gasteiger partial charge >= 0.3 is 5.97 Å². The normalized spacial score (nSPS) is 18.0. The summed E-state index contributed by atoms with van der Waals surface area (Å²) in [4.78, 5) is 56.8. The summed E-state index contributed by atoms with van der Waals surface area (Å²) in [5, 5.41) is 30.7. The number of hydrogen-bond donors (Lipinski definition) is 3. The molecule has 0 spiro atoms. The van der Waals surface area contributed by atoms with E-state index in [2.05, 4.69) is 34.2 Å². The number of aromatic carboxylic acids is 1. The van der Waals surface area contributed by atoms with Crippen LogP contribution in [0.3, 0.4) is 0 Å². The Morgan fingerprint density at radius 2 is 1.52 bits per heavy atom. The van der Waals surface area contributed by atoms with Crippen LogP contribution in [0.5, 0.6) is 11.5 Å². The number of carboxylic acid groups (broad SMARTS) is 1. The zero-order valence-electron chi connectivity index (χ0n) is 39.2. The molecular formula is C51H62ClN7O8. The van der Waals surface area contributed by atoms with Gasteiger partial charge in [-0.25, -0.2) is 4.79 Å². The van der Waals surface area contributed by atoms with Crippen LogP contribution >= 0.6 is 11.6 Å². The number of aliphatic hydroxyl groups excluding tert-OH is 1. The van der Waals surface area contributed by atoms with E-state index >= 15 is 0 Å². The van der Waals surface area contributed by atoms with Gasteiger partial charge in [-0.15, -0.1) is 0 Å². The third-order valence-corrected chi connectivity index (χ3v) is 14.3. The molecule has 2 atom stereocenters. The molecule has 3 amide bonds. The van der Waals surface area contributed by atoms with Crippen LogP contribution in [0.2, 0.25) is 5.02 Å². The number of hydrogen-bond acceptors (Lipinski definition) is 10. The number of aliphatic hydroxyl groups is 1. The van der Waals surface area contributed by atoms with E-state index in [4.69, 9.17) is 26.2 Å². The van der Waals surface area contributed by atoms with Crippen molar-refractivity contribution in [2.75, 3.05) is 52.5 Å². The third kappa shape index (κ3) is 9.97. The highest BCUT2D eigenvalue weighted by Gasteiger charge is 2.45. The molecule has 0 aliphatic carbocycles. The molecular weight excluding hydrogens is 874 g/mol. The second kappa shape index (κ2) is 20.6. The molecule has 67 heavy (non-hydrogen) atoms. The van der Waals surface area contributed by atoms with Gasteiger partial charge in [-0.05, 0) is 107 Å². The summed E-state index contributed by atoms with van der Waals surface area (Å²) in [6.07, 6.45) is 3.98. The molecule has 5 heterocycles. The predicted molar refractivity (Wildman–Crippen MR) is 256 cm³/mol. The van der Waals surface area contributed by atoms with Gasteiger partial charge in [-0.1, -0.05) is 48.7 Å². The number of benzene rings is 3. The van der Waals surface area contributed by atoms with Crippen LogP contribution in [-0.4, -0.2) is 121 Å². The molecule has 2 saturated heterocycles. The molecule has 3 aliphatic rings. The number of nitrogens with one attached hydrogen (secondary N) is 1. The maximum Gasteiger partial charge on any atom is 0.352 e. The molecule has 3 aromatic carbocycles. The van der Waals surface area contributed by atoms with Crippen molar-refractivity contribution in [2.24, 2.45) is 7.05 Å². The van der Waals surface area contributed by atoms with E-state index in [1.807, 2.05) is 55.3 Å². The summed E-state index contributed by atoms with van der Waals surface area (Å²) in [5.41, 5.74) is 8.63. The van der Waals surface area contributed by atoms with Gasteiger partial charge in [0.05, 0.1) is 35.6 Å². The van der Waals surface area contributed by atoms with Crippen LogP contribution in [0.25, 0.3) is 22.0 Å². The first-order valence-electron chi connectivity index (χ1n) is 23.6. The first kappa shape index (κ1) is 47.7. The summed E-state index contributed by atoms with van der Waals surface area (Å²) in [5.74, 6) is -1.17. The Balaban J connectivity index is 0.842. The molecule has 5 aromatic rings.